The highest BCUT2D eigenvalue weighted by Gasteiger charge is 2.45. The van der Waals surface area contributed by atoms with Gasteiger partial charge in [0.2, 0.25) is 0 Å². The van der Waals surface area contributed by atoms with Gasteiger partial charge in [0.05, 0.1) is 13.4 Å². The van der Waals surface area contributed by atoms with Gasteiger partial charge in [-0.05, 0) is 93.9 Å². The fraction of sp³-hybridized carbons (Fsp3) is 0.795. The van der Waals surface area contributed by atoms with Crippen LogP contribution in [0.4, 0.5) is 0 Å². The minimum absolute atomic E-state index is 0.00446. The van der Waals surface area contributed by atoms with Gasteiger partial charge in [0.25, 0.3) is 0 Å². The lowest BCUT2D eigenvalue weighted by Crippen LogP contribution is -2.53. The SMILES string of the molecule is [B]CCC1CC(C)(CC)c2sc(C(CC)(CC)NC(C)C(C)(CC)c3sc(C(C)(CC)CC)cc3CCCCCC)cc21. The fourth-order valence-electron chi connectivity index (χ4n) is 7.77. The van der Waals surface area contributed by atoms with Crippen molar-refractivity contribution in [3.8, 4) is 0 Å². The van der Waals surface area contributed by atoms with E-state index in [2.05, 4.69) is 116 Å². The Kier molecular flexibility index (Phi) is 13.2. The molecule has 2 aromatic heterocycles. The van der Waals surface area contributed by atoms with Crippen molar-refractivity contribution in [3.63, 3.8) is 0 Å². The van der Waals surface area contributed by atoms with Crippen molar-refractivity contribution >= 4 is 30.5 Å². The van der Waals surface area contributed by atoms with Crippen molar-refractivity contribution in [1.29, 1.82) is 0 Å². The predicted molar refractivity (Wildman–Crippen MR) is 197 cm³/mol. The van der Waals surface area contributed by atoms with Gasteiger partial charge in [-0.3, -0.25) is 0 Å². The molecule has 1 nitrogen and oxygen atoms in total. The molecule has 0 bridgehead atoms. The smallest absolute Gasteiger partial charge is 0.0653 e. The van der Waals surface area contributed by atoms with Crippen LogP contribution in [-0.2, 0) is 28.2 Å². The molecule has 0 spiro atoms. The van der Waals surface area contributed by atoms with E-state index in [0.717, 1.165) is 32.0 Å². The molecule has 3 rings (SSSR count). The third-order valence-corrected chi connectivity index (χ3v) is 15.8. The number of aryl methyl sites for hydroxylation is 1. The Morgan fingerprint density at radius 1 is 0.907 bits per heavy atom. The normalized spacial score (nSPS) is 21.2. The second kappa shape index (κ2) is 15.3. The highest BCUT2D eigenvalue weighted by Crippen LogP contribution is 2.55. The first-order chi connectivity index (χ1) is 20.4. The zero-order chi connectivity index (χ0) is 32.1. The lowest BCUT2D eigenvalue weighted by Gasteiger charge is -2.43. The van der Waals surface area contributed by atoms with Crippen molar-refractivity contribution in [3.05, 3.63) is 42.8 Å². The molecule has 0 saturated heterocycles. The maximum Gasteiger partial charge on any atom is 0.0653 e. The lowest BCUT2D eigenvalue weighted by atomic mass is 9.75. The lowest BCUT2D eigenvalue weighted by molar-refractivity contribution is 0.217. The van der Waals surface area contributed by atoms with Crippen LogP contribution in [0.15, 0.2) is 12.1 Å². The maximum absolute atomic E-state index is 6.12. The molecule has 0 aromatic carbocycles. The van der Waals surface area contributed by atoms with E-state index in [9.17, 15) is 0 Å². The predicted octanol–water partition coefficient (Wildman–Crippen LogP) is 12.5. The fourth-order valence-corrected chi connectivity index (χ4v) is 11.3. The molecular formula is C39H66BNS2. The van der Waals surface area contributed by atoms with E-state index < -0.39 is 0 Å². The maximum atomic E-state index is 6.12. The number of thiophene rings is 2. The van der Waals surface area contributed by atoms with Crippen molar-refractivity contribution in [1.82, 2.24) is 5.32 Å². The molecule has 0 saturated carbocycles. The first-order valence-corrected chi connectivity index (χ1v) is 19.8. The average Bonchev–Trinajstić information content (AvgIpc) is 3.73. The summed E-state index contributed by atoms with van der Waals surface area (Å²) in [5.74, 6) is 0.617. The molecule has 2 heterocycles. The Morgan fingerprint density at radius 3 is 2.12 bits per heavy atom. The van der Waals surface area contributed by atoms with E-state index in [0.29, 0.717) is 17.4 Å². The monoisotopic (exact) mass is 623 g/mol. The van der Waals surface area contributed by atoms with Gasteiger partial charge in [-0.2, -0.15) is 0 Å². The standard InChI is InChI=1S/C39H66BNS2/c1-12-19-20-21-22-29-25-32(36(9,13-2)14-3)42-34(29)38(11,16-5)28(8)41-39(17-6,18-7)33-26-31-30(23-24-40)27-37(10,15-4)35(31)43-33/h25-26,28,30,41H,12-24,27H2,1-11H3. The van der Waals surface area contributed by atoms with Crippen LogP contribution in [0.1, 0.15) is 190 Å². The van der Waals surface area contributed by atoms with Gasteiger partial charge in [-0.15, -0.1) is 22.7 Å². The molecule has 242 valence electrons. The van der Waals surface area contributed by atoms with Crippen molar-refractivity contribution in [2.45, 2.75) is 200 Å². The molecule has 0 amide bonds. The number of unbranched alkanes of at least 4 members (excludes halogenated alkanes) is 3. The Balaban J connectivity index is 2.04. The molecule has 4 atom stereocenters. The quantitative estimate of drug-likeness (QED) is 0.121. The Bertz CT molecular complexity index is 1140. The van der Waals surface area contributed by atoms with Crippen LogP contribution in [0.3, 0.4) is 0 Å². The summed E-state index contributed by atoms with van der Waals surface area (Å²) < 4.78 is 0. The molecule has 4 unspecified atom stereocenters. The van der Waals surface area contributed by atoms with Crippen LogP contribution in [0.5, 0.6) is 0 Å². The summed E-state index contributed by atoms with van der Waals surface area (Å²) in [6.07, 6.45) is 16.7. The van der Waals surface area contributed by atoms with E-state index in [1.54, 1.807) is 30.6 Å². The molecule has 1 N–H and O–H groups in total. The summed E-state index contributed by atoms with van der Waals surface area (Å²) in [6, 6.07) is 5.62. The van der Waals surface area contributed by atoms with Crippen LogP contribution in [0, 0.1) is 0 Å². The van der Waals surface area contributed by atoms with E-state index in [4.69, 9.17) is 7.85 Å². The van der Waals surface area contributed by atoms with Gasteiger partial charge < -0.3 is 5.32 Å². The van der Waals surface area contributed by atoms with E-state index in [1.807, 2.05) is 0 Å². The van der Waals surface area contributed by atoms with Gasteiger partial charge in [0.1, 0.15) is 0 Å². The minimum Gasteiger partial charge on any atom is -0.303 e. The van der Waals surface area contributed by atoms with Crippen LogP contribution < -0.4 is 5.32 Å². The Labute approximate surface area is 277 Å². The number of rotatable bonds is 19. The summed E-state index contributed by atoms with van der Waals surface area (Å²) >= 11 is 4.28. The molecule has 2 aromatic rings. The summed E-state index contributed by atoms with van der Waals surface area (Å²) in [7, 11) is 6.12. The minimum atomic E-state index is -0.00446. The van der Waals surface area contributed by atoms with Gasteiger partial charge in [0.15, 0.2) is 0 Å². The average molecular weight is 624 g/mol. The molecule has 43 heavy (non-hydrogen) atoms. The molecule has 4 heteroatoms. The first kappa shape index (κ1) is 36.9. The van der Waals surface area contributed by atoms with Crippen LogP contribution in [-0.4, -0.2) is 13.9 Å². The highest BCUT2D eigenvalue weighted by molar-refractivity contribution is 7.12. The first-order valence-electron chi connectivity index (χ1n) is 18.2. The second-order valence-electron chi connectivity index (χ2n) is 14.8. The van der Waals surface area contributed by atoms with Crippen LogP contribution >= 0.6 is 22.7 Å². The zero-order valence-electron chi connectivity index (χ0n) is 30.1. The topological polar surface area (TPSA) is 12.0 Å². The largest absolute Gasteiger partial charge is 0.303 e. The number of fused-ring (bicyclic) bond motifs is 1. The molecule has 0 fully saturated rings. The zero-order valence-corrected chi connectivity index (χ0v) is 31.7. The number of nitrogens with one attached hydrogen (secondary N) is 1. The van der Waals surface area contributed by atoms with Gasteiger partial charge >= 0.3 is 0 Å². The van der Waals surface area contributed by atoms with Gasteiger partial charge in [0, 0.05) is 41.8 Å². The van der Waals surface area contributed by atoms with Crippen molar-refractivity contribution < 1.29 is 0 Å². The third-order valence-electron chi connectivity index (χ3n) is 12.4. The van der Waals surface area contributed by atoms with E-state index in [-0.39, 0.29) is 16.4 Å². The van der Waals surface area contributed by atoms with Gasteiger partial charge in [-0.25, -0.2) is 0 Å². The third kappa shape index (κ3) is 7.22. The molecule has 0 aliphatic heterocycles. The van der Waals surface area contributed by atoms with Crippen LogP contribution in [0.25, 0.3) is 0 Å². The summed E-state index contributed by atoms with van der Waals surface area (Å²) in [5.41, 5.74) is 3.90. The van der Waals surface area contributed by atoms with E-state index in [1.165, 1.54) is 57.8 Å². The van der Waals surface area contributed by atoms with E-state index >= 15 is 0 Å². The summed E-state index contributed by atoms with van der Waals surface area (Å²) in [4.78, 5) is 6.48. The Hall–Kier alpha value is -0.575. The highest BCUT2D eigenvalue weighted by atomic mass is 32.1. The summed E-state index contributed by atoms with van der Waals surface area (Å²) in [6.45, 7) is 26.8. The summed E-state index contributed by atoms with van der Waals surface area (Å²) in [5, 5.41) is 4.39. The molecular weight excluding hydrogens is 557 g/mol. The number of hydrogen-bond acceptors (Lipinski definition) is 3. The number of hydrogen-bond donors (Lipinski definition) is 1. The van der Waals surface area contributed by atoms with Gasteiger partial charge in [-0.1, -0.05) is 101 Å². The molecule has 1 aliphatic carbocycles. The molecule has 1 aliphatic rings. The van der Waals surface area contributed by atoms with Crippen molar-refractivity contribution in [2.75, 3.05) is 0 Å². The molecule has 2 radical (unpaired) electrons. The van der Waals surface area contributed by atoms with Crippen LogP contribution in [0.2, 0.25) is 6.32 Å². The van der Waals surface area contributed by atoms with Crippen molar-refractivity contribution in [2.24, 2.45) is 0 Å². The Morgan fingerprint density at radius 2 is 1.58 bits per heavy atom. The second-order valence-corrected chi connectivity index (χ2v) is 16.9.